The highest BCUT2D eigenvalue weighted by Crippen LogP contribution is 2.20. The van der Waals surface area contributed by atoms with Gasteiger partial charge in [0, 0.05) is 13.0 Å². The van der Waals surface area contributed by atoms with E-state index in [1.807, 2.05) is 0 Å². The summed E-state index contributed by atoms with van der Waals surface area (Å²) in [5.41, 5.74) is 11.5. The second kappa shape index (κ2) is 14.5. The van der Waals surface area contributed by atoms with Gasteiger partial charge in [-0.1, -0.05) is 20.3 Å². The molecule has 34 heavy (non-hydrogen) atoms. The number of hydrogen-bond acceptors (Lipinski definition) is 7. The number of nitrogens with zero attached hydrogens (tertiary/aromatic N) is 1. The molecule has 0 aromatic heterocycles. The minimum Gasteiger partial charge on any atom is -0.481 e. The third-order valence-corrected chi connectivity index (χ3v) is 5.73. The normalized spacial score (nSPS) is 18.3. The quantitative estimate of drug-likeness (QED) is 0.163. The van der Waals surface area contributed by atoms with Gasteiger partial charge in [0.15, 0.2) is 0 Å². The van der Waals surface area contributed by atoms with Crippen molar-refractivity contribution in [3.8, 4) is 0 Å². The molecule has 3 amide bonds. The highest BCUT2D eigenvalue weighted by molar-refractivity contribution is 5.94. The molecule has 0 aliphatic carbocycles. The maximum absolute atomic E-state index is 13.0. The summed E-state index contributed by atoms with van der Waals surface area (Å²) in [5.74, 6) is -4.13. The molecule has 1 heterocycles. The zero-order valence-corrected chi connectivity index (χ0v) is 20.0. The third kappa shape index (κ3) is 9.64. The molecule has 1 aliphatic rings. The summed E-state index contributed by atoms with van der Waals surface area (Å²) in [7, 11) is 0. The molecule has 194 valence electrons. The van der Waals surface area contributed by atoms with Crippen LogP contribution in [0.3, 0.4) is 0 Å². The van der Waals surface area contributed by atoms with E-state index < -0.39 is 54.3 Å². The van der Waals surface area contributed by atoms with Crippen LogP contribution in [0, 0.1) is 5.92 Å². The molecule has 4 atom stereocenters. The lowest BCUT2D eigenvalue weighted by Crippen LogP contribution is -2.56. The molecular weight excluding hydrogens is 446 g/mol. The average Bonchev–Trinajstić information content (AvgIpc) is 3.24. The van der Waals surface area contributed by atoms with Crippen LogP contribution >= 0.6 is 0 Å². The van der Waals surface area contributed by atoms with Crippen molar-refractivity contribution in [2.24, 2.45) is 17.4 Å². The van der Waals surface area contributed by atoms with Gasteiger partial charge in [0.1, 0.15) is 18.1 Å². The van der Waals surface area contributed by atoms with E-state index in [-0.39, 0.29) is 24.7 Å². The lowest BCUT2D eigenvalue weighted by Gasteiger charge is -2.28. The van der Waals surface area contributed by atoms with Crippen molar-refractivity contribution in [1.29, 1.82) is 0 Å². The van der Waals surface area contributed by atoms with Crippen LogP contribution in [0.5, 0.6) is 0 Å². The van der Waals surface area contributed by atoms with Crippen LogP contribution < -0.4 is 22.1 Å². The van der Waals surface area contributed by atoms with E-state index in [0.717, 1.165) is 6.42 Å². The maximum atomic E-state index is 13.0. The standard InChI is InChI=1S/C22H39N5O7/c1-13(2)12-16(22(33)34)26-19(30)15(8-9-18(28)29)25-20(31)17-7-5-11-27(17)21(32)14(24)6-3-4-10-23/h13-17H,3-12,23-24H2,1-2H3,(H,25,31)(H,26,30)(H,28,29)(H,33,34). The molecule has 1 aliphatic heterocycles. The molecule has 12 heteroatoms. The van der Waals surface area contributed by atoms with Crippen molar-refractivity contribution < 1.29 is 34.2 Å². The predicted molar refractivity (Wildman–Crippen MR) is 123 cm³/mol. The second-order valence-electron chi connectivity index (χ2n) is 9.10. The van der Waals surface area contributed by atoms with Gasteiger partial charge < -0.3 is 37.2 Å². The number of carbonyl (C=O) groups excluding carboxylic acids is 3. The number of carboxylic acid groups (broad SMARTS) is 2. The van der Waals surface area contributed by atoms with Crippen LogP contribution in [0.1, 0.15) is 65.2 Å². The largest absolute Gasteiger partial charge is 0.481 e. The Morgan fingerprint density at radius 2 is 1.71 bits per heavy atom. The zero-order valence-electron chi connectivity index (χ0n) is 20.0. The fourth-order valence-corrected chi connectivity index (χ4v) is 3.92. The van der Waals surface area contributed by atoms with Crippen molar-refractivity contribution in [3.63, 3.8) is 0 Å². The fourth-order valence-electron chi connectivity index (χ4n) is 3.92. The summed E-state index contributed by atoms with van der Waals surface area (Å²) in [5, 5.41) is 23.3. The number of carboxylic acids is 2. The number of nitrogens with two attached hydrogens (primary N) is 2. The summed E-state index contributed by atoms with van der Waals surface area (Å²) in [6.45, 7) is 4.45. The average molecular weight is 486 g/mol. The van der Waals surface area contributed by atoms with Crippen molar-refractivity contribution in [3.05, 3.63) is 0 Å². The van der Waals surface area contributed by atoms with E-state index in [2.05, 4.69) is 10.6 Å². The number of hydrogen-bond donors (Lipinski definition) is 6. The summed E-state index contributed by atoms with van der Waals surface area (Å²) < 4.78 is 0. The van der Waals surface area contributed by atoms with Crippen molar-refractivity contribution in [2.75, 3.05) is 13.1 Å². The van der Waals surface area contributed by atoms with Crippen molar-refractivity contribution >= 4 is 29.7 Å². The van der Waals surface area contributed by atoms with Gasteiger partial charge in [-0.15, -0.1) is 0 Å². The topological polar surface area (TPSA) is 205 Å². The van der Waals surface area contributed by atoms with Crippen LogP contribution in [0.25, 0.3) is 0 Å². The number of likely N-dealkylation sites (tertiary alicyclic amines) is 1. The summed E-state index contributed by atoms with van der Waals surface area (Å²) in [4.78, 5) is 62.5. The van der Waals surface area contributed by atoms with Gasteiger partial charge in [0.25, 0.3) is 0 Å². The Balaban J connectivity index is 2.90. The molecule has 1 saturated heterocycles. The minimum absolute atomic E-state index is 0.0134. The smallest absolute Gasteiger partial charge is 0.326 e. The zero-order chi connectivity index (χ0) is 25.8. The van der Waals surface area contributed by atoms with E-state index in [1.165, 1.54) is 4.90 Å². The molecule has 0 bridgehead atoms. The Morgan fingerprint density at radius 3 is 2.26 bits per heavy atom. The lowest BCUT2D eigenvalue weighted by molar-refractivity contribution is -0.144. The number of rotatable bonds is 15. The minimum atomic E-state index is -1.26. The molecule has 0 spiro atoms. The van der Waals surface area contributed by atoms with E-state index in [4.69, 9.17) is 16.6 Å². The molecule has 0 aromatic rings. The summed E-state index contributed by atoms with van der Waals surface area (Å²) in [6.07, 6.45) is 2.38. The first-order chi connectivity index (χ1) is 16.0. The number of nitrogens with one attached hydrogen (secondary N) is 2. The molecule has 12 nitrogen and oxygen atoms in total. The second-order valence-corrected chi connectivity index (χ2v) is 9.10. The Kier molecular flexibility index (Phi) is 12.5. The molecule has 1 fully saturated rings. The third-order valence-electron chi connectivity index (χ3n) is 5.73. The first kappa shape index (κ1) is 29.3. The van der Waals surface area contributed by atoms with E-state index in [9.17, 15) is 29.1 Å². The number of amides is 3. The van der Waals surface area contributed by atoms with Gasteiger partial charge in [0.2, 0.25) is 17.7 Å². The van der Waals surface area contributed by atoms with E-state index >= 15 is 0 Å². The molecule has 0 radical (unpaired) electrons. The first-order valence-corrected chi connectivity index (χ1v) is 11.8. The Hall–Kier alpha value is -2.73. The van der Waals surface area contributed by atoms with Crippen LogP contribution in [0.4, 0.5) is 0 Å². The maximum Gasteiger partial charge on any atom is 0.326 e. The lowest BCUT2D eigenvalue weighted by atomic mass is 10.0. The fraction of sp³-hybridized carbons (Fsp3) is 0.773. The van der Waals surface area contributed by atoms with Crippen LogP contribution in [-0.4, -0.2) is 82.0 Å². The van der Waals surface area contributed by atoms with Gasteiger partial charge in [-0.05, 0) is 51.0 Å². The summed E-state index contributed by atoms with van der Waals surface area (Å²) >= 11 is 0. The molecule has 0 aromatic carbocycles. The van der Waals surface area contributed by atoms with Gasteiger partial charge in [-0.25, -0.2) is 4.79 Å². The molecule has 0 saturated carbocycles. The Bertz CT molecular complexity index is 730. The molecule has 8 N–H and O–H groups in total. The number of carbonyl (C=O) groups is 5. The van der Waals surface area contributed by atoms with Crippen LogP contribution in [0.2, 0.25) is 0 Å². The van der Waals surface area contributed by atoms with E-state index in [1.54, 1.807) is 13.8 Å². The highest BCUT2D eigenvalue weighted by atomic mass is 16.4. The predicted octanol–water partition coefficient (Wildman–Crippen LogP) is -0.601. The molecule has 1 rings (SSSR count). The Labute approximate surface area is 199 Å². The first-order valence-electron chi connectivity index (χ1n) is 11.8. The molecule has 4 unspecified atom stereocenters. The van der Waals surface area contributed by atoms with Crippen LogP contribution in [-0.2, 0) is 24.0 Å². The Morgan fingerprint density at radius 1 is 1.03 bits per heavy atom. The van der Waals surface area contributed by atoms with Crippen molar-refractivity contribution in [2.45, 2.75) is 89.4 Å². The molecular formula is C22H39N5O7. The van der Waals surface area contributed by atoms with E-state index in [0.29, 0.717) is 38.8 Å². The number of unbranched alkanes of at least 4 members (excludes halogenated alkanes) is 1. The van der Waals surface area contributed by atoms with Gasteiger partial charge in [0.05, 0.1) is 6.04 Å². The van der Waals surface area contributed by atoms with Gasteiger partial charge >= 0.3 is 11.9 Å². The summed E-state index contributed by atoms with van der Waals surface area (Å²) in [6, 6.07) is -4.03. The number of aliphatic carboxylic acids is 2. The SMILES string of the molecule is CC(C)CC(NC(=O)C(CCC(=O)O)NC(=O)C1CCCN1C(=O)C(N)CCCCN)C(=O)O. The van der Waals surface area contributed by atoms with Crippen LogP contribution in [0.15, 0.2) is 0 Å². The monoisotopic (exact) mass is 485 g/mol. The highest BCUT2D eigenvalue weighted by Gasteiger charge is 2.38. The van der Waals surface area contributed by atoms with Crippen molar-refractivity contribution in [1.82, 2.24) is 15.5 Å². The van der Waals surface area contributed by atoms with Gasteiger partial charge in [-0.2, -0.15) is 0 Å². The van der Waals surface area contributed by atoms with Gasteiger partial charge in [-0.3, -0.25) is 19.2 Å².